The second-order valence-electron chi connectivity index (χ2n) is 9.59. The van der Waals surface area contributed by atoms with Gasteiger partial charge in [-0.05, 0) is 66.6 Å². The lowest BCUT2D eigenvalue weighted by atomic mass is 10.1. The van der Waals surface area contributed by atoms with Gasteiger partial charge in [0.25, 0.3) is 5.91 Å². The van der Waals surface area contributed by atoms with E-state index in [2.05, 4.69) is 0 Å². The maximum atomic E-state index is 13.2. The van der Waals surface area contributed by atoms with Gasteiger partial charge in [0.1, 0.15) is 11.5 Å². The van der Waals surface area contributed by atoms with Gasteiger partial charge < -0.3 is 28.7 Å². The van der Waals surface area contributed by atoms with E-state index < -0.39 is 0 Å². The second kappa shape index (κ2) is 11.5. The van der Waals surface area contributed by atoms with E-state index in [0.29, 0.717) is 48.2 Å². The summed E-state index contributed by atoms with van der Waals surface area (Å²) in [6.07, 6.45) is 4.19. The number of ether oxygens (including phenoxy) is 4. The van der Waals surface area contributed by atoms with Gasteiger partial charge in [-0.2, -0.15) is 0 Å². The molecule has 0 unspecified atom stereocenters. The number of amides is 2. The SMILES string of the molecule is COc1cc(/C=C/C(=O)N2CC[C@H]3CN(C(=O)c4ccc(Oc5ccccc5)cc4)C[C@H]32)cc(OC)c1OC. The third kappa shape index (κ3) is 5.55. The summed E-state index contributed by atoms with van der Waals surface area (Å²) in [5, 5.41) is 0. The highest BCUT2D eigenvalue weighted by molar-refractivity contribution is 5.95. The molecule has 39 heavy (non-hydrogen) atoms. The van der Waals surface area contributed by atoms with E-state index in [1.54, 1.807) is 69.9 Å². The number of benzene rings is 3. The minimum Gasteiger partial charge on any atom is -0.493 e. The van der Waals surface area contributed by atoms with Gasteiger partial charge in [0.05, 0.1) is 27.4 Å². The number of hydrogen-bond acceptors (Lipinski definition) is 6. The smallest absolute Gasteiger partial charge is 0.253 e. The minimum atomic E-state index is -0.0760. The highest BCUT2D eigenvalue weighted by Gasteiger charge is 2.44. The fraction of sp³-hybridized carbons (Fsp3) is 0.290. The molecule has 2 atom stereocenters. The number of rotatable bonds is 8. The van der Waals surface area contributed by atoms with Crippen LogP contribution in [0, 0.1) is 5.92 Å². The largest absolute Gasteiger partial charge is 0.493 e. The molecule has 0 aliphatic carbocycles. The molecular formula is C31H32N2O6. The first-order valence-electron chi connectivity index (χ1n) is 12.9. The van der Waals surface area contributed by atoms with Gasteiger partial charge in [-0.25, -0.2) is 0 Å². The summed E-state index contributed by atoms with van der Waals surface area (Å²) in [6.45, 7) is 1.85. The zero-order chi connectivity index (χ0) is 27.4. The van der Waals surface area contributed by atoms with Crippen LogP contribution in [0.3, 0.4) is 0 Å². The highest BCUT2D eigenvalue weighted by Crippen LogP contribution is 2.39. The summed E-state index contributed by atoms with van der Waals surface area (Å²) in [5.41, 5.74) is 1.37. The maximum Gasteiger partial charge on any atom is 0.253 e. The van der Waals surface area contributed by atoms with E-state index in [1.807, 2.05) is 40.1 Å². The third-order valence-electron chi connectivity index (χ3n) is 7.30. The fourth-order valence-corrected chi connectivity index (χ4v) is 5.33. The van der Waals surface area contributed by atoms with Crippen LogP contribution in [-0.4, -0.2) is 68.6 Å². The minimum absolute atomic E-state index is 0.00623. The first-order chi connectivity index (χ1) is 19.0. The van der Waals surface area contributed by atoms with Crippen LogP contribution < -0.4 is 18.9 Å². The van der Waals surface area contributed by atoms with E-state index in [4.69, 9.17) is 18.9 Å². The molecule has 2 heterocycles. The molecular weight excluding hydrogens is 496 g/mol. The van der Waals surface area contributed by atoms with E-state index in [9.17, 15) is 9.59 Å². The van der Waals surface area contributed by atoms with Crippen LogP contribution in [0.1, 0.15) is 22.3 Å². The molecule has 2 saturated heterocycles. The molecule has 3 aromatic carbocycles. The van der Waals surface area contributed by atoms with Gasteiger partial charge in [-0.15, -0.1) is 0 Å². The van der Waals surface area contributed by atoms with E-state index >= 15 is 0 Å². The fourth-order valence-electron chi connectivity index (χ4n) is 5.33. The zero-order valence-corrected chi connectivity index (χ0v) is 22.3. The first kappa shape index (κ1) is 26.2. The van der Waals surface area contributed by atoms with Gasteiger partial charge in [0.15, 0.2) is 11.5 Å². The molecule has 0 saturated carbocycles. The van der Waals surface area contributed by atoms with Crippen LogP contribution in [0.2, 0.25) is 0 Å². The predicted molar refractivity (Wildman–Crippen MR) is 148 cm³/mol. The summed E-state index contributed by atoms with van der Waals surface area (Å²) in [6, 6.07) is 20.3. The zero-order valence-electron chi connectivity index (χ0n) is 22.3. The van der Waals surface area contributed by atoms with Crippen molar-refractivity contribution in [2.24, 2.45) is 5.92 Å². The van der Waals surface area contributed by atoms with Crippen LogP contribution in [0.25, 0.3) is 6.08 Å². The number of fused-ring (bicyclic) bond motifs is 1. The Morgan fingerprint density at radius 1 is 0.846 bits per heavy atom. The van der Waals surface area contributed by atoms with E-state index in [0.717, 1.165) is 17.7 Å². The monoisotopic (exact) mass is 528 g/mol. The molecule has 2 aliphatic rings. The summed E-state index contributed by atoms with van der Waals surface area (Å²) in [4.78, 5) is 30.1. The Morgan fingerprint density at radius 3 is 2.15 bits per heavy atom. The summed E-state index contributed by atoms with van der Waals surface area (Å²) in [7, 11) is 4.66. The molecule has 0 bridgehead atoms. The van der Waals surface area contributed by atoms with Gasteiger partial charge in [-0.1, -0.05) is 18.2 Å². The van der Waals surface area contributed by atoms with Crippen LogP contribution in [0.5, 0.6) is 28.7 Å². The average Bonchev–Trinajstić information content (AvgIpc) is 3.57. The molecule has 0 radical (unpaired) electrons. The van der Waals surface area contributed by atoms with Crippen molar-refractivity contribution < 1.29 is 28.5 Å². The summed E-state index contributed by atoms with van der Waals surface area (Å²) < 4.78 is 22.0. The number of carbonyl (C=O) groups excluding carboxylic acids is 2. The Kier molecular flexibility index (Phi) is 7.72. The molecule has 2 aliphatic heterocycles. The van der Waals surface area contributed by atoms with Crippen molar-refractivity contribution in [2.45, 2.75) is 12.5 Å². The molecule has 0 spiro atoms. The maximum absolute atomic E-state index is 13.2. The molecule has 8 heteroatoms. The lowest BCUT2D eigenvalue weighted by Gasteiger charge is -2.24. The molecule has 2 fully saturated rings. The predicted octanol–water partition coefficient (Wildman–Crippen LogP) is 4.89. The van der Waals surface area contributed by atoms with Crippen LogP contribution in [0.4, 0.5) is 0 Å². The number of likely N-dealkylation sites (tertiary alicyclic amines) is 2. The van der Waals surface area contributed by atoms with E-state index in [-0.39, 0.29) is 23.8 Å². The van der Waals surface area contributed by atoms with Gasteiger partial charge in [0, 0.05) is 37.2 Å². The Bertz CT molecular complexity index is 1330. The van der Waals surface area contributed by atoms with Crippen molar-refractivity contribution in [3.8, 4) is 28.7 Å². The Hall–Kier alpha value is -4.46. The van der Waals surface area contributed by atoms with E-state index in [1.165, 1.54) is 0 Å². The topological polar surface area (TPSA) is 77.5 Å². The van der Waals surface area contributed by atoms with Crippen molar-refractivity contribution >= 4 is 17.9 Å². The van der Waals surface area contributed by atoms with Gasteiger partial charge in [-0.3, -0.25) is 9.59 Å². The van der Waals surface area contributed by atoms with Crippen LogP contribution >= 0.6 is 0 Å². The van der Waals surface area contributed by atoms with Crippen LogP contribution in [-0.2, 0) is 4.79 Å². The standard InChI is InChI=1S/C31H32N2O6/c1-36-27-17-21(18-28(37-2)30(27)38-3)9-14-29(34)33-16-15-23-19-32(20-26(23)33)31(35)22-10-12-25(13-11-22)39-24-7-5-4-6-8-24/h4-14,17-18,23,26H,15-16,19-20H2,1-3H3/b14-9+/t23-,26+/m0/s1. The average molecular weight is 529 g/mol. The molecule has 3 aromatic rings. The number of methoxy groups -OCH3 is 3. The Labute approximate surface area is 228 Å². The van der Waals surface area contributed by atoms with Crippen LogP contribution in [0.15, 0.2) is 72.8 Å². The Balaban J connectivity index is 1.22. The molecule has 202 valence electrons. The number of nitrogens with zero attached hydrogens (tertiary/aromatic N) is 2. The summed E-state index contributed by atoms with van der Waals surface area (Å²) >= 11 is 0. The number of hydrogen-bond donors (Lipinski definition) is 0. The normalized spacial score (nSPS) is 18.2. The molecule has 8 nitrogen and oxygen atoms in total. The van der Waals surface area contributed by atoms with Crippen molar-refractivity contribution in [3.05, 3.63) is 83.9 Å². The molecule has 2 amide bonds. The van der Waals surface area contributed by atoms with Gasteiger partial charge >= 0.3 is 0 Å². The quantitative estimate of drug-likeness (QED) is 0.388. The number of carbonyl (C=O) groups is 2. The van der Waals surface area contributed by atoms with Crippen molar-refractivity contribution in [3.63, 3.8) is 0 Å². The third-order valence-corrected chi connectivity index (χ3v) is 7.30. The molecule has 0 aromatic heterocycles. The molecule has 5 rings (SSSR count). The lowest BCUT2D eigenvalue weighted by Crippen LogP contribution is -2.40. The lowest BCUT2D eigenvalue weighted by molar-refractivity contribution is -0.126. The molecule has 0 N–H and O–H groups in total. The first-order valence-corrected chi connectivity index (χ1v) is 12.9. The van der Waals surface area contributed by atoms with Crippen molar-refractivity contribution in [1.29, 1.82) is 0 Å². The number of para-hydroxylation sites is 1. The van der Waals surface area contributed by atoms with Crippen molar-refractivity contribution in [1.82, 2.24) is 9.80 Å². The second-order valence-corrected chi connectivity index (χ2v) is 9.59. The Morgan fingerprint density at radius 2 is 1.51 bits per heavy atom. The summed E-state index contributed by atoms with van der Waals surface area (Å²) in [5.74, 6) is 3.13. The highest BCUT2D eigenvalue weighted by atomic mass is 16.5. The van der Waals surface area contributed by atoms with Gasteiger partial charge in [0.2, 0.25) is 11.7 Å². The van der Waals surface area contributed by atoms with Crippen molar-refractivity contribution in [2.75, 3.05) is 41.0 Å².